The van der Waals surface area contributed by atoms with Gasteiger partial charge in [-0.15, -0.1) is 0 Å². The topological polar surface area (TPSA) is 75.1 Å². The zero-order valence-electron chi connectivity index (χ0n) is 17.3. The number of nitrogens with zero attached hydrogens (tertiary/aromatic N) is 2. The Morgan fingerprint density at radius 3 is 2.41 bits per heavy atom. The van der Waals surface area contributed by atoms with E-state index in [4.69, 9.17) is 9.97 Å². The molecule has 0 radical (unpaired) electrons. The van der Waals surface area contributed by atoms with Crippen LogP contribution in [0, 0.1) is 0 Å². The molecule has 0 saturated heterocycles. The third-order valence-corrected chi connectivity index (χ3v) is 5.48. The number of para-hydroxylation sites is 1. The summed E-state index contributed by atoms with van der Waals surface area (Å²) < 4.78 is 0. The molecule has 29 heavy (non-hydrogen) atoms. The number of fused-ring (bicyclic) bond motifs is 1. The third kappa shape index (κ3) is 5.07. The minimum Gasteiger partial charge on any atom is -0.480 e. The lowest BCUT2D eigenvalue weighted by atomic mass is 9.87. The first-order valence-corrected chi connectivity index (χ1v) is 11.0. The maximum absolute atomic E-state index is 11.7. The van der Waals surface area contributed by atoms with Gasteiger partial charge in [0, 0.05) is 10.9 Å². The van der Waals surface area contributed by atoms with Gasteiger partial charge in [0.1, 0.15) is 11.9 Å². The summed E-state index contributed by atoms with van der Waals surface area (Å²) in [7, 11) is 0. The molecule has 0 aliphatic heterocycles. The van der Waals surface area contributed by atoms with Crippen molar-refractivity contribution in [2.45, 2.75) is 38.6 Å². The van der Waals surface area contributed by atoms with Gasteiger partial charge in [0.05, 0.1) is 5.52 Å². The van der Waals surface area contributed by atoms with Crippen LogP contribution in [0.2, 0.25) is 0 Å². The fourth-order valence-corrected chi connectivity index (χ4v) is 3.56. The minimum absolute atomic E-state index is 0.0709. The van der Waals surface area contributed by atoms with Gasteiger partial charge in [-0.1, -0.05) is 57.2 Å². The molecule has 0 amide bonds. The second-order valence-electron chi connectivity index (χ2n) is 8.06. The van der Waals surface area contributed by atoms with E-state index in [-0.39, 0.29) is 5.41 Å². The average Bonchev–Trinajstić information content (AvgIpc) is 2.70. The molecule has 1 atom stereocenters. The van der Waals surface area contributed by atoms with E-state index in [1.165, 1.54) is 5.56 Å². The van der Waals surface area contributed by atoms with Crippen LogP contribution in [0.4, 0.5) is 5.82 Å². The van der Waals surface area contributed by atoms with Crippen molar-refractivity contribution in [2.24, 2.45) is 0 Å². The number of carboxylic acids is 1. The van der Waals surface area contributed by atoms with Crippen molar-refractivity contribution in [3.63, 3.8) is 0 Å². The Hall–Kier alpha value is -2.60. The van der Waals surface area contributed by atoms with Crippen molar-refractivity contribution in [1.29, 1.82) is 0 Å². The molecule has 0 saturated carbocycles. The van der Waals surface area contributed by atoms with Crippen molar-refractivity contribution < 1.29 is 9.90 Å². The van der Waals surface area contributed by atoms with E-state index < -0.39 is 12.0 Å². The fourth-order valence-electron chi connectivity index (χ4n) is 3.09. The number of thioether (sulfide) groups is 1. The highest BCUT2D eigenvalue weighted by Crippen LogP contribution is 2.28. The Balaban J connectivity index is 2.03. The van der Waals surface area contributed by atoms with Gasteiger partial charge in [-0.2, -0.15) is 11.8 Å². The van der Waals surface area contributed by atoms with Crippen LogP contribution in [-0.4, -0.2) is 39.1 Å². The average molecular weight is 410 g/mol. The number of rotatable bonds is 7. The fraction of sp³-hybridized carbons (Fsp3) is 0.348. The Labute approximate surface area is 176 Å². The molecule has 3 rings (SSSR count). The summed E-state index contributed by atoms with van der Waals surface area (Å²) in [4.78, 5) is 21.1. The quantitative estimate of drug-likeness (QED) is 0.558. The first-order valence-electron chi connectivity index (χ1n) is 9.65. The van der Waals surface area contributed by atoms with Crippen LogP contribution in [0.5, 0.6) is 0 Å². The van der Waals surface area contributed by atoms with Crippen molar-refractivity contribution in [2.75, 3.05) is 17.3 Å². The van der Waals surface area contributed by atoms with Crippen molar-refractivity contribution in [1.82, 2.24) is 9.97 Å². The van der Waals surface area contributed by atoms with Gasteiger partial charge in [-0.25, -0.2) is 14.8 Å². The van der Waals surface area contributed by atoms with E-state index in [0.717, 1.165) is 22.2 Å². The van der Waals surface area contributed by atoms with Crippen LogP contribution in [0.15, 0.2) is 48.5 Å². The Kier molecular flexibility index (Phi) is 6.42. The van der Waals surface area contributed by atoms with E-state index >= 15 is 0 Å². The van der Waals surface area contributed by atoms with E-state index in [0.29, 0.717) is 18.1 Å². The smallest absolute Gasteiger partial charge is 0.326 e. The molecule has 2 N–H and O–H groups in total. The highest BCUT2D eigenvalue weighted by atomic mass is 32.2. The summed E-state index contributed by atoms with van der Waals surface area (Å²) in [5.41, 5.74) is 3.00. The summed E-state index contributed by atoms with van der Waals surface area (Å²) >= 11 is 1.63. The molecule has 152 valence electrons. The van der Waals surface area contributed by atoms with Crippen LogP contribution < -0.4 is 5.32 Å². The summed E-state index contributed by atoms with van der Waals surface area (Å²) in [5, 5.41) is 13.6. The number of aliphatic carboxylic acids is 1. The molecule has 2 aromatic carbocycles. The van der Waals surface area contributed by atoms with E-state index in [2.05, 4.69) is 38.2 Å². The third-order valence-electron chi connectivity index (χ3n) is 4.83. The van der Waals surface area contributed by atoms with Gasteiger partial charge >= 0.3 is 5.97 Å². The van der Waals surface area contributed by atoms with Crippen LogP contribution in [0.3, 0.4) is 0 Å². The lowest BCUT2D eigenvalue weighted by Gasteiger charge is -2.19. The molecule has 0 spiro atoms. The highest BCUT2D eigenvalue weighted by Gasteiger charge is 2.20. The standard InChI is InChI=1S/C23H27N3O2S/c1-23(2,3)16-11-9-15(10-12-16)20-24-18-8-6-5-7-17(18)21(26-20)25-19(22(27)28)13-14-29-4/h5-12,19H,13-14H2,1-4H3,(H,27,28)(H,24,25,26)/t19-/m0/s1. The Morgan fingerprint density at radius 2 is 1.79 bits per heavy atom. The zero-order chi connectivity index (χ0) is 21.0. The SMILES string of the molecule is CSCC[C@H](Nc1nc(-c2ccc(C(C)(C)C)cc2)nc2ccccc12)C(=O)O. The van der Waals surface area contributed by atoms with E-state index in [9.17, 15) is 9.90 Å². The van der Waals surface area contributed by atoms with Gasteiger partial charge in [0.15, 0.2) is 5.82 Å². The van der Waals surface area contributed by atoms with Gasteiger partial charge in [-0.3, -0.25) is 0 Å². The number of benzene rings is 2. The first kappa shape index (κ1) is 21.1. The van der Waals surface area contributed by atoms with E-state index in [1.807, 2.05) is 42.7 Å². The number of carbonyl (C=O) groups is 1. The predicted octanol–water partition coefficient (Wildman–Crippen LogP) is 5.21. The number of anilines is 1. The molecule has 1 aromatic heterocycles. The van der Waals surface area contributed by atoms with Gasteiger partial charge < -0.3 is 10.4 Å². The number of hydrogen-bond acceptors (Lipinski definition) is 5. The largest absolute Gasteiger partial charge is 0.480 e. The lowest BCUT2D eigenvalue weighted by molar-refractivity contribution is -0.137. The zero-order valence-corrected chi connectivity index (χ0v) is 18.1. The van der Waals surface area contributed by atoms with Crippen molar-refractivity contribution in [3.8, 4) is 11.4 Å². The van der Waals surface area contributed by atoms with Crippen molar-refractivity contribution in [3.05, 3.63) is 54.1 Å². The molecule has 5 nitrogen and oxygen atoms in total. The maximum atomic E-state index is 11.7. The second-order valence-corrected chi connectivity index (χ2v) is 9.04. The first-order chi connectivity index (χ1) is 13.8. The molecule has 0 aliphatic carbocycles. The summed E-state index contributed by atoms with van der Waals surface area (Å²) in [5.74, 6) is 1.02. The summed E-state index contributed by atoms with van der Waals surface area (Å²) in [6, 6.07) is 15.2. The highest BCUT2D eigenvalue weighted by molar-refractivity contribution is 7.98. The Morgan fingerprint density at radius 1 is 1.10 bits per heavy atom. The molecule has 6 heteroatoms. The number of aromatic nitrogens is 2. The van der Waals surface area contributed by atoms with Crippen LogP contribution in [0.1, 0.15) is 32.8 Å². The van der Waals surface area contributed by atoms with Gasteiger partial charge in [0.2, 0.25) is 0 Å². The van der Waals surface area contributed by atoms with Gasteiger partial charge in [0.25, 0.3) is 0 Å². The molecule has 0 unspecified atom stereocenters. The molecular weight excluding hydrogens is 382 g/mol. The monoisotopic (exact) mass is 409 g/mol. The number of hydrogen-bond donors (Lipinski definition) is 2. The number of nitrogens with one attached hydrogen (secondary N) is 1. The van der Waals surface area contributed by atoms with Crippen LogP contribution in [0.25, 0.3) is 22.3 Å². The van der Waals surface area contributed by atoms with E-state index in [1.54, 1.807) is 11.8 Å². The maximum Gasteiger partial charge on any atom is 0.326 e. The van der Waals surface area contributed by atoms with Crippen LogP contribution in [-0.2, 0) is 10.2 Å². The molecule has 0 fully saturated rings. The predicted molar refractivity (Wildman–Crippen MR) is 122 cm³/mol. The normalized spacial score (nSPS) is 12.7. The van der Waals surface area contributed by atoms with Gasteiger partial charge in [-0.05, 0) is 41.5 Å². The molecular formula is C23H27N3O2S. The number of carboxylic acid groups (broad SMARTS) is 1. The lowest BCUT2D eigenvalue weighted by Crippen LogP contribution is -2.30. The van der Waals surface area contributed by atoms with Crippen molar-refractivity contribution >= 4 is 34.5 Å². The van der Waals surface area contributed by atoms with Crippen LogP contribution >= 0.6 is 11.8 Å². The second kappa shape index (κ2) is 8.82. The minimum atomic E-state index is -0.877. The summed E-state index contributed by atoms with van der Waals surface area (Å²) in [6.45, 7) is 6.53. The summed E-state index contributed by atoms with van der Waals surface area (Å²) in [6.07, 6.45) is 2.49. The molecule has 1 heterocycles. The Bertz CT molecular complexity index is 997. The molecule has 3 aromatic rings. The molecule has 0 aliphatic rings. The molecule has 0 bridgehead atoms.